The molecule has 1 aromatic heterocycles. The second-order valence-electron chi connectivity index (χ2n) is 6.28. The molecule has 0 aliphatic heterocycles. The van der Waals surface area contributed by atoms with Crippen molar-refractivity contribution in [3.8, 4) is 17.4 Å². The Balaban J connectivity index is 1.62. The molecule has 1 heterocycles. The van der Waals surface area contributed by atoms with Gasteiger partial charge in [0, 0.05) is 24.9 Å². The topological polar surface area (TPSA) is 69.7 Å². The number of aromatic nitrogens is 1. The average Bonchev–Trinajstić information content (AvgIpc) is 3.18. The van der Waals surface area contributed by atoms with Crippen molar-refractivity contribution in [1.29, 1.82) is 0 Å². The van der Waals surface area contributed by atoms with Crippen LogP contribution in [0.5, 0.6) is 17.4 Å². The van der Waals surface area contributed by atoms with Crippen molar-refractivity contribution in [2.75, 3.05) is 14.2 Å². The number of benzene rings is 1. The molecular weight excluding hydrogens is 332 g/mol. The maximum Gasteiger partial charge on any atom is 0.255 e. The van der Waals surface area contributed by atoms with E-state index in [1.54, 1.807) is 31.5 Å². The number of rotatable bonds is 7. The molecule has 1 fully saturated rings. The summed E-state index contributed by atoms with van der Waals surface area (Å²) in [6.07, 6.45) is 6.56. The van der Waals surface area contributed by atoms with Crippen LogP contribution in [0.15, 0.2) is 36.5 Å². The summed E-state index contributed by atoms with van der Waals surface area (Å²) >= 11 is 0. The number of amides is 1. The zero-order valence-corrected chi connectivity index (χ0v) is 15.2. The molecule has 2 aromatic rings. The van der Waals surface area contributed by atoms with Gasteiger partial charge in [0.2, 0.25) is 5.88 Å². The van der Waals surface area contributed by atoms with E-state index in [4.69, 9.17) is 14.2 Å². The van der Waals surface area contributed by atoms with Gasteiger partial charge < -0.3 is 19.5 Å². The Kier molecular flexibility index (Phi) is 5.94. The second kappa shape index (κ2) is 8.56. The van der Waals surface area contributed by atoms with Crippen LogP contribution in [-0.4, -0.2) is 31.2 Å². The quantitative estimate of drug-likeness (QED) is 0.824. The van der Waals surface area contributed by atoms with Crippen LogP contribution in [0, 0.1) is 0 Å². The highest BCUT2D eigenvalue weighted by Gasteiger charge is 2.17. The van der Waals surface area contributed by atoms with Crippen LogP contribution >= 0.6 is 0 Å². The van der Waals surface area contributed by atoms with Crippen molar-refractivity contribution in [1.82, 2.24) is 10.3 Å². The van der Waals surface area contributed by atoms with E-state index in [1.807, 2.05) is 12.1 Å². The fourth-order valence-electron chi connectivity index (χ4n) is 3.07. The highest BCUT2D eigenvalue weighted by molar-refractivity contribution is 5.97. The first-order valence-electron chi connectivity index (χ1n) is 8.81. The number of hydrogen-bond donors (Lipinski definition) is 1. The first-order valence-corrected chi connectivity index (χ1v) is 8.81. The van der Waals surface area contributed by atoms with Gasteiger partial charge >= 0.3 is 0 Å². The summed E-state index contributed by atoms with van der Waals surface area (Å²) in [6, 6.07) is 8.86. The molecule has 1 aliphatic rings. The van der Waals surface area contributed by atoms with Crippen molar-refractivity contribution >= 4 is 5.91 Å². The third-order valence-electron chi connectivity index (χ3n) is 4.50. The van der Waals surface area contributed by atoms with E-state index >= 15 is 0 Å². The van der Waals surface area contributed by atoms with E-state index in [0.29, 0.717) is 29.5 Å². The van der Waals surface area contributed by atoms with Gasteiger partial charge in [-0.1, -0.05) is 0 Å². The zero-order valence-electron chi connectivity index (χ0n) is 15.2. The van der Waals surface area contributed by atoms with E-state index in [1.165, 1.54) is 20.0 Å². The lowest BCUT2D eigenvalue weighted by Crippen LogP contribution is -2.23. The SMILES string of the molecule is COc1ccc(C(=O)NCc2ccnc(OC3CCCC3)c2)c(OC)c1. The molecule has 26 heavy (non-hydrogen) atoms. The summed E-state index contributed by atoms with van der Waals surface area (Å²) in [5.41, 5.74) is 1.40. The average molecular weight is 356 g/mol. The predicted octanol–water partition coefficient (Wildman–Crippen LogP) is 3.35. The molecule has 138 valence electrons. The monoisotopic (exact) mass is 356 g/mol. The first kappa shape index (κ1) is 18.0. The number of nitrogens with zero attached hydrogens (tertiary/aromatic N) is 1. The van der Waals surface area contributed by atoms with E-state index in [-0.39, 0.29) is 12.0 Å². The first-order chi connectivity index (χ1) is 12.7. The fourth-order valence-corrected chi connectivity index (χ4v) is 3.07. The lowest BCUT2D eigenvalue weighted by molar-refractivity contribution is 0.0947. The Morgan fingerprint density at radius 2 is 1.96 bits per heavy atom. The number of hydrogen-bond acceptors (Lipinski definition) is 5. The lowest BCUT2D eigenvalue weighted by atomic mass is 10.1. The third-order valence-corrected chi connectivity index (χ3v) is 4.50. The minimum absolute atomic E-state index is 0.209. The molecule has 0 saturated heterocycles. The molecule has 1 amide bonds. The third kappa shape index (κ3) is 4.45. The number of carbonyl (C=O) groups is 1. The van der Waals surface area contributed by atoms with Gasteiger partial charge in [-0.05, 0) is 49.4 Å². The van der Waals surface area contributed by atoms with Gasteiger partial charge in [-0.15, -0.1) is 0 Å². The maximum atomic E-state index is 12.5. The highest BCUT2D eigenvalue weighted by atomic mass is 16.5. The van der Waals surface area contributed by atoms with Gasteiger partial charge in [-0.25, -0.2) is 4.98 Å². The van der Waals surface area contributed by atoms with Gasteiger partial charge in [0.25, 0.3) is 5.91 Å². The van der Waals surface area contributed by atoms with Crippen molar-refractivity contribution in [2.45, 2.75) is 38.3 Å². The van der Waals surface area contributed by atoms with Crippen LogP contribution in [0.3, 0.4) is 0 Å². The number of pyridine rings is 1. The molecule has 3 rings (SSSR count). The zero-order chi connectivity index (χ0) is 18.4. The molecular formula is C20H24N2O4. The summed E-state index contributed by atoms with van der Waals surface area (Å²) in [6.45, 7) is 0.386. The molecule has 1 N–H and O–H groups in total. The standard InChI is InChI=1S/C20H24N2O4/c1-24-16-7-8-17(18(12-16)25-2)20(23)22-13-14-9-10-21-19(11-14)26-15-5-3-4-6-15/h7-12,15H,3-6,13H2,1-2H3,(H,22,23). The van der Waals surface area contributed by atoms with E-state index in [0.717, 1.165) is 18.4 Å². The molecule has 1 aliphatic carbocycles. The normalized spacial score (nSPS) is 14.1. The Bertz CT molecular complexity index is 757. The number of ether oxygens (including phenoxy) is 3. The van der Waals surface area contributed by atoms with E-state index < -0.39 is 0 Å². The van der Waals surface area contributed by atoms with E-state index in [9.17, 15) is 4.79 Å². The van der Waals surface area contributed by atoms with Crippen molar-refractivity contribution in [3.05, 3.63) is 47.7 Å². The van der Waals surface area contributed by atoms with Crippen LogP contribution in [0.2, 0.25) is 0 Å². The maximum absolute atomic E-state index is 12.5. The molecule has 0 bridgehead atoms. The molecule has 1 aromatic carbocycles. The van der Waals surface area contributed by atoms with Crippen LogP contribution in [0.1, 0.15) is 41.6 Å². The van der Waals surface area contributed by atoms with Crippen LogP contribution in [0.4, 0.5) is 0 Å². The number of methoxy groups -OCH3 is 2. The van der Waals surface area contributed by atoms with E-state index in [2.05, 4.69) is 10.3 Å². The lowest BCUT2D eigenvalue weighted by Gasteiger charge is -2.13. The van der Waals surface area contributed by atoms with Crippen molar-refractivity contribution in [3.63, 3.8) is 0 Å². The second-order valence-corrected chi connectivity index (χ2v) is 6.28. The molecule has 6 heteroatoms. The largest absolute Gasteiger partial charge is 0.497 e. The minimum Gasteiger partial charge on any atom is -0.497 e. The van der Waals surface area contributed by atoms with Gasteiger partial charge in [-0.2, -0.15) is 0 Å². The van der Waals surface area contributed by atoms with Gasteiger partial charge in [0.1, 0.15) is 17.6 Å². The Hall–Kier alpha value is -2.76. The summed E-state index contributed by atoms with van der Waals surface area (Å²) in [4.78, 5) is 16.7. The van der Waals surface area contributed by atoms with Crippen LogP contribution in [-0.2, 0) is 6.54 Å². The summed E-state index contributed by atoms with van der Waals surface area (Å²) in [5.74, 6) is 1.52. The minimum atomic E-state index is -0.209. The fraction of sp³-hybridized carbons (Fsp3) is 0.400. The van der Waals surface area contributed by atoms with Crippen molar-refractivity contribution < 1.29 is 19.0 Å². The Morgan fingerprint density at radius 3 is 2.69 bits per heavy atom. The molecule has 0 radical (unpaired) electrons. The predicted molar refractivity (Wildman–Crippen MR) is 97.8 cm³/mol. The van der Waals surface area contributed by atoms with Gasteiger partial charge in [0.15, 0.2) is 0 Å². The smallest absolute Gasteiger partial charge is 0.255 e. The molecule has 1 saturated carbocycles. The molecule has 0 atom stereocenters. The molecule has 0 spiro atoms. The van der Waals surface area contributed by atoms with Gasteiger partial charge in [-0.3, -0.25) is 4.79 Å². The molecule has 0 unspecified atom stereocenters. The Morgan fingerprint density at radius 1 is 1.15 bits per heavy atom. The Labute approximate surface area is 153 Å². The summed E-state index contributed by atoms with van der Waals surface area (Å²) in [7, 11) is 3.10. The number of carbonyl (C=O) groups excluding carboxylic acids is 1. The van der Waals surface area contributed by atoms with Crippen LogP contribution < -0.4 is 19.5 Å². The molecule has 6 nitrogen and oxygen atoms in total. The highest BCUT2D eigenvalue weighted by Crippen LogP contribution is 2.25. The summed E-state index contributed by atoms with van der Waals surface area (Å²) in [5, 5.41) is 2.91. The summed E-state index contributed by atoms with van der Waals surface area (Å²) < 4.78 is 16.4. The van der Waals surface area contributed by atoms with Gasteiger partial charge in [0.05, 0.1) is 19.8 Å². The van der Waals surface area contributed by atoms with Crippen LogP contribution in [0.25, 0.3) is 0 Å². The van der Waals surface area contributed by atoms with Crippen molar-refractivity contribution in [2.24, 2.45) is 0 Å². The number of nitrogens with one attached hydrogen (secondary N) is 1.